The van der Waals surface area contributed by atoms with E-state index in [1.54, 1.807) is 54.3 Å². The molecule has 0 spiro atoms. The topological polar surface area (TPSA) is 66.8 Å². The molecule has 1 rings (SSSR count). The molecule has 1 aromatic carbocycles. The van der Waals surface area contributed by atoms with Crippen LogP contribution in [0.3, 0.4) is 0 Å². The first-order valence-electron chi connectivity index (χ1n) is 8.67. The van der Waals surface area contributed by atoms with E-state index >= 15 is 0 Å². The molecule has 0 radical (unpaired) electrons. The Morgan fingerprint density at radius 2 is 1.88 bits per heavy atom. The molecule has 0 fully saturated rings. The fourth-order valence-electron chi connectivity index (χ4n) is 2.25. The number of aliphatic hydroxyl groups is 1. The van der Waals surface area contributed by atoms with Gasteiger partial charge in [-0.05, 0) is 31.6 Å². The summed E-state index contributed by atoms with van der Waals surface area (Å²) in [5.41, 5.74) is 0.901. The van der Waals surface area contributed by atoms with Crippen LogP contribution in [-0.4, -0.2) is 48.0 Å². The van der Waals surface area contributed by atoms with E-state index in [1.807, 2.05) is 13.0 Å². The van der Waals surface area contributed by atoms with Gasteiger partial charge in [-0.2, -0.15) is 0 Å². The molecule has 5 heteroatoms. The lowest BCUT2D eigenvalue weighted by molar-refractivity contribution is -0.135. The van der Waals surface area contributed by atoms with E-state index in [0.29, 0.717) is 30.0 Å². The first-order valence-corrected chi connectivity index (χ1v) is 8.67. The van der Waals surface area contributed by atoms with Gasteiger partial charge in [0.2, 0.25) is 0 Å². The van der Waals surface area contributed by atoms with Crippen LogP contribution in [0.25, 0.3) is 0 Å². The average Bonchev–Trinajstić information content (AvgIpc) is 2.67. The molecular weight excluding hydrogens is 330 g/mol. The van der Waals surface area contributed by atoms with Crippen molar-refractivity contribution in [2.45, 2.75) is 20.3 Å². The van der Waals surface area contributed by atoms with Crippen molar-refractivity contribution in [3.63, 3.8) is 0 Å². The standard InChI is InChI=1S/C21H27NO4/c1-4-13-22(14-15-23)20(24)16-26-19(5-2)12-11-17(3)21(25)18-9-7-6-8-10-18/h5-12,23H,3-4,13-16H2,1-2H3. The number of hydrogen-bond acceptors (Lipinski definition) is 4. The van der Waals surface area contributed by atoms with E-state index in [4.69, 9.17) is 9.84 Å². The quantitative estimate of drug-likeness (QED) is 0.286. The zero-order valence-electron chi connectivity index (χ0n) is 15.5. The Labute approximate surface area is 155 Å². The van der Waals surface area contributed by atoms with Gasteiger partial charge in [0.1, 0.15) is 5.76 Å². The molecule has 140 valence electrons. The van der Waals surface area contributed by atoms with Gasteiger partial charge in [0.15, 0.2) is 12.4 Å². The normalized spacial score (nSPS) is 11.4. The molecule has 0 aromatic heterocycles. The van der Waals surface area contributed by atoms with E-state index in [1.165, 1.54) is 0 Å². The van der Waals surface area contributed by atoms with Crippen molar-refractivity contribution < 1.29 is 19.4 Å². The molecule has 0 saturated heterocycles. The number of allylic oxidation sites excluding steroid dienone is 4. The summed E-state index contributed by atoms with van der Waals surface area (Å²) in [7, 11) is 0. The molecule has 0 saturated carbocycles. The van der Waals surface area contributed by atoms with Gasteiger partial charge in [-0.15, -0.1) is 0 Å². The number of ketones is 1. The minimum absolute atomic E-state index is 0.0798. The minimum atomic E-state index is -0.187. The molecule has 1 amide bonds. The van der Waals surface area contributed by atoms with E-state index in [2.05, 4.69) is 6.58 Å². The maximum atomic E-state index is 12.2. The summed E-state index contributed by atoms with van der Waals surface area (Å²) in [5, 5.41) is 9.03. The summed E-state index contributed by atoms with van der Waals surface area (Å²) in [6, 6.07) is 8.90. The van der Waals surface area contributed by atoms with Gasteiger partial charge in [-0.3, -0.25) is 9.59 Å². The minimum Gasteiger partial charge on any atom is -0.484 e. The molecule has 0 bridgehead atoms. The number of Topliss-reactive ketones (excluding diaryl/α,β-unsaturated/α-hetero) is 1. The molecule has 0 unspecified atom stereocenters. The first kappa shape index (κ1) is 21.4. The predicted octanol–water partition coefficient (Wildman–Crippen LogP) is 3.13. The van der Waals surface area contributed by atoms with Crippen LogP contribution < -0.4 is 0 Å². The van der Waals surface area contributed by atoms with Crippen LogP contribution in [0, 0.1) is 0 Å². The fraction of sp³-hybridized carbons (Fsp3) is 0.333. The second-order valence-electron chi connectivity index (χ2n) is 5.64. The lowest BCUT2D eigenvalue weighted by Crippen LogP contribution is -2.36. The molecule has 0 atom stereocenters. The number of rotatable bonds is 11. The molecule has 26 heavy (non-hydrogen) atoms. The predicted molar refractivity (Wildman–Crippen MR) is 103 cm³/mol. The van der Waals surface area contributed by atoms with Gasteiger partial charge < -0.3 is 14.7 Å². The lowest BCUT2D eigenvalue weighted by Gasteiger charge is -2.21. The highest BCUT2D eigenvalue weighted by atomic mass is 16.5. The molecule has 0 aliphatic rings. The van der Waals surface area contributed by atoms with Gasteiger partial charge in [0.05, 0.1) is 6.61 Å². The van der Waals surface area contributed by atoms with Crippen molar-refractivity contribution in [3.05, 3.63) is 72.0 Å². The number of carbonyl (C=O) groups is 2. The van der Waals surface area contributed by atoms with Gasteiger partial charge in [-0.1, -0.05) is 43.8 Å². The number of aliphatic hydroxyl groups excluding tert-OH is 1. The first-order chi connectivity index (χ1) is 12.5. The van der Waals surface area contributed by atoms with Crippen LogP contribution >= 0.6 is 0 Å². The summed E-state index contributed by atoms with van der Waals surface area (Å²) in [6.45, 7) is 8.20. The Hall–Kier alpha value is -2.66. The summed E-state index contributed by atoms with van der Waals surface area (Å²) in [5.74, 6) is 0.124. The van der Waals surface area contributed by atoms with Crippen molar-refractivity contribution in [3.8, 4) is 0 Å². The van der Waals surface area contributed by atoms with Crippen LogP contribution in [0.5, 0.6) is 0 Å². The van der Waals surface area contributed by atoms with Crippen molar-refractivity contribution in [1.29, 1.82) is 0 Å². The van der Waals surface area contributed by atoms with Crippen LogP contribution in [0.2, 0.25) is 0 Å². The molecule has 1 aromatic rings. The van der Waals surface area contributed by atoms with E-state index in [9.17, 15) is 9.59 Å². The third kappa shape index (κ3) is 7.07. The largest absolute Gasteiger partial charge is 0.484 e. The zero-order valence-corrected chi connectivity index (χ0v) is 15.5. The van der Waals surface area contributed by atoms with Crippen molar-refractivity contribution in [1.82, 2.24) is 4.90 Å². The zero-order chi connectivity index (χ0) is 19.4. The highest BCUT2D eigenvalue weighted by Crippen LogP contribution is 2.10. The van der Waals surface area contributed by atoms with E-state index < -0.39 is 0 Å². The Bertz CT molecular complexity index is 656. The number of nitrogens with zero attached hydrogens (tertiary/aromatic N) is 1. The van der Waals surface area contributed by atoms with E-state index in [0.717, 1.165) is 6.42 Å². The van der Waals surface area contributed by atoms with Crippen molar-refractivity contribution in [2.24, 2.45) is 0 Å². The number of ether oxygens (including phenoxy) is 1. The summed E-state index contributed by atoms with van der Waals surface area (Å²) in [4.78, 5) is 26.0. The van der Waals surface area contributed by atoms with Crippen LogP contribution in [0.1, 0.15) is 30.6 Å². The molecule has 0 heterocycles. The fourth-order valence-corrected chi connectivity index (χ4v) is 2.25. The summed E-state index contributed by atoms with van der Waals surface area (Å²) in [6.07, 6.45) is 5.71. The average molecular weight is 357 g/mol. The second-order valence-corrected chi connectivity index (χ2v) is 5.64. The van der Waals surface area contributed by atoms with E-state index in [-0.39, 0.29) is 24.9 Å². The SMILES string of the molecule is C=C(C=CC(=CC)OCC(=O)N(CCC)CCO)C(=O)c1ccccc1. The van der Waals surface area contributed by atoms with Gasteiger partial charge in [0.25, 0.3) is 5.91 Å². The Morgan fingerprint density at radius 1 is 1.19 bits per heavy atom. The lowest BCUT2D eigenvalue weighted by atomic mass is 10.0. The van der Waals surface area contributed by atoms with Crippen LogP contribution in [0.15, 0.2) is 66.5 Å². The molecular formula is C21H27NO4. The Balaban J connectivity index is 2.61. The second kappa shape index (κ2) is 11.8. The third-order valence-corrected chi connectivity index (χ3v) is 3.64. The Kier molecular flexibility index (Phi) is 9.72. The highest BCUT2D eigenvalue weighted by molar-refractivity contribution is 6.10. The molecule has 1 N–H and O–H groups in total. The van der Waals surface area contributed by atoms with Crippen LogP contribution in [0.4, 0.5) is 0 Å². The number of carbonyl (C=O) groups excluding carboxylic acids is 2. The van der Waals surface area contributed by atoms with Crippen molar-refractivity contribution in [2.75, 3.05) is 26.3 Å². The monoisotopic (exact) mass is 357 g/mol. The van der Waals surface area contributed by atoms with Gasteiger partial charge in [-0.25, -0.2) is 0 Å². The summed E-state index contributed by atoms with van der Waals surface area (Å²) < 4.78 is 5.51. The number of amides is 1. The molecule has 0 aliphatic carbocycles. The third-order valence-electron chi connectivity index (χ3n) is 3.64. The molecule has 5 nitrogen and oxygen atoms in total. The summed E-state index contributed by atoms with van der Waals surface area (Å²) >= 11 is 0. The maximum absolute atomic E-state index is 12.2. The number of benzene rings is 1. The van der Waals surface area contributed by atoms with Gasteiger partial charge >= 0.3 is 0 Å². The Morgan fingerprint density at radius 3 is 2.46 bits per heavy atom. The van der Waals surface area contributed by atoms with Crippen LogP contribution in [-0.2, 0) is 9.53 Å². The van der Waals surface area contributed by atoms with Gasteiger partial charge in [0, 0.05) is 24.2 Å². The highest BCUT2D eigenvalue weighted by Gasteiger charge is 2.13. The number of hydrogen-bond donors (Lipinski definition) is 1. The smallest absolute Gasteiger partial charge is 0.260 e. The van der Waals surface area contributed by atoms with Crippen molar-refractivity contribution >= 4 is 11.7 Å². The maximum Gasteiger partial charge on any atom is 0.260 e. The molecule has 0 aliphatic heterocycles.